The molecule has 2 nitrogen and oxygen atoms in total. The lowest BCUT2D eigenvalue weighted by Gasteiger charge is -2.38. The Hall–Kier alpha value is -0.890. The molecule has 2 rings (SSSR count). The Balaban J connectivity index is 2.23. The third kappa shape index (κ3) is 2.52. The van der Waals surface area contributed by atoms with Crippen molar-refractivity contribution in [3.05, 3.63) is 23.2 Å². The highest BCUT2D eigenvalue weighted by Crippen LogP contribution is 2.35. The first-order valence-corrected chi connectivity index (χ1v) is 6.76. The number of hydrogen-bond acceptors (Lipinski definition) is 2. The van der Waals surface area contributed by atoms with Crippen LogP contribution in [0.5, 0.6) is 0 Å². The molecule has 1 aromatic carbocycles. The van der Waals surface area contributed by atoms with Gasteiger partial charge in [0.25, 0.3) is 0 Å². The largest absolute Gasteiger partial charge is 0.396 e. The molecule has 1 fully saturated rings. The predicted octanol–water partition coefficient (Wildman–Crippen LogP) is 3.94. The van der Waals surface area contributed by atoms with Gasteiger partial charge in [-0.05, 0) is 30.9 Å². The molecule has 17 heavy (non-hydrogen) atoms. The van der Waals surface area contributed by atoms with Gasteiger partial charge in [0.1, 0.15) is 0 Å². The molecular formula is C14H21ClN2. The molecule has 2 unspecified atom stereocenters. The summed E-state index contributed by atoms with van der Waals surface area (Å²) in [4.78, 5) is 2.31. The van der Waals surface area contributed by atoms with Crippen LogP contribution in [-0.4, -0.2) is 13.1 Å². The molecule has 0 aromatic heterocycles. The molecule has 2 N–H and O–H groups in total. The number of para-hydroxylation sites is 1. The molecule has 1 aliphatic carbocycles. The maximum absolute atomic E-state index is 6.08. The van der Waals surface area contributed by atoms with Gasteiger partial charge in [-0.25, -0.2) is 0 Å². The molecule has 0 bridgehead atoms. The summed E-state index contributed by atoms with van der Waals surface area (Å²) in [6, 6.07) is 6.46. The van der Waals surface area contributed by atoms with Crippen molar-refractivity contribution in [2.24, 2.45) is 5.92 Å². The highest BCUT2D eigenvalue weighted by atomic mass is 35.5. The zero-order valence-corrected chi connectivity index (χ0v) is 11.4. The number of hydrogen-bond donors (Lipinski definition) is 1. The Morgan fingerprint density at radius 2 is 2.00 bits per heavy atom. The summed E-state index contributed by atoms with van der Waals surface area (Å²) in [5.41, 5.74) is 7.83. The summed E-state index contributed by atoms with van der Waals surface area (Å²) < 4.78 is 0. The molecule has 0 heterocycles. The van der Waals surface area contributed by atoms with E-state index in [-0.39, 0.29) is 0 Å². The minimum Gasteiger partial charge on any atom is -0.396 e. The number of nitrogens with two attached hydrogens (primary N) is 1. The van der Waals surface area contributed by atoms with Crippen molar-refractivity contribution in [1.29, 1.82) is 0 Å². The molecule has 0 saturated heterocycles. The maximum Gasteiger partial charge on any atom is 0.0741 e. The van der Waals surface area contributed by atoms with E-state index in [4.69, 9.17) is 17.3 Å². The summed E-state index contributed by atoms with van der Waals surface area (Å²) in [5.74, 6) is 0.729. The second-order valence-electron chi connectivity index (χ2n) is 5.11. The van der Waals surface area contributed by atoms with E-state index in [0.29, 0.717) is 16.8 Å². The Bertz CT molecular complexity index is 392. The van der Waals surface area contributed by atoms with E-state index in [2.05, 4.69) is 24.9 Å². The zero-order valence-electron chi connectivity index (χ0n) is 10.6. The molecule has 0 radical (unpaired) electrons. The molecule has 0 spiro atoms. The summed E-state index contributed by atoms with van der Waals surface area (Å²) in [5, 5.41) is 0.651. The van der Waals surface area contributed by atoms with Crippen LogP contribution >= 0.6 is 11.6 Å². The number of rotatable bonds is 2. The predicted molar refractivity (Wildman–Crippen MR) is 75.7 cm³/mol. The molecular weight excluding hydrogens is 232 g/mol. The van der Waals surface area contributed by atoms with Gasteiger partial charge in [0.05, 0.1) is 16.4 Å². The van der Waals surface area contributed by atoms with Gasteiger partial charge in [-0.15, -0.1) is 0 Å². The third-order valence-electron chi connectivity index (χ3n) is 3.97. The minimum atomic E-state index is 0.588. The Kier molecular flexibility index (Phi) is 3.82. The fraction of sp³-hybridized carbons (Fsp3) is 0.571. The zero-order chi connectivity index (χ0) is 12.4. The summed E-state index contributed by atoms with van der Waals surface area (Å²) in [7, 11) is 2.13. The second-order valence-corrected chi connectivity index (χ2v) is 5.52. The van der Waals surface area contributed by atoms with Gasteiger partial charge in [-0.1, -0.05) is 37.4 Å². The lowest BCUT2D eigenvalue weighted by molar-refractivity contribution is 0.322. The minimum absolute atomic E-state index is 0.588. The standard InChI is InChI=1S/C14H21ClN2/c1-10-6-3-4-8-12(10)17(2)13-9-5-7-11(15)14(13)16/h5,7,9-10,12H,3-4,6,8,16H2,1-2H3. The SMILES string of the molecule is CC1CCCCC1N(C)c1cccc(Cl)c1N. The van der Waals surface area contributed by atoms with E-state index in [1.165, 1.54) is 25.7 Å². The van der Waals surface area contributed by atoms with Gasteiger partial charge in [0, 0.05) is 13.1 Å². The fourth-order valence-electron chi connectivity index (χ4n) is 2.88. The van der Waals surface area contributed by atoms with Crippen LogP contribution < -0.4 is 10.6 Å². The first kappa shape index (κ1) is 12.6. The van der Waals surface area contributed by atoms with Crippen LogP contribution in [0.2, 0.25) is 5.02 Å². The average Bonchev–Trinajstić information content (AvgIpc) is 2.32. The molecule has 1 aromatic rings. The Morgan fingerprint density at radius 3 is 2.71 bits per heavy atom. The molecule has 2 atom stereocenters. The van der Waals surface area contributed by atoms with E-state index < -0.39 is 0 Å². The Labute approximate surface area is 109 Å². The molecule has 1 aliphatic rings. The van der Waals surface area contributed by atoms with Gasteiger partial charge < -0.3 is 10.6 Å². The van der Waals surface area contributed by atoms with Crippen molar-refractivity contribution in [3.8, 4) is 0 Å². The highest BCUT2D eigenvalue weighted by molar-refractivity contribution is 6.33. The van der Waals surface area contributed by atoms with Crippen molar-refractivity contribution in [1.82, 2.24) is 0 Å². The van der Waals surface area contributed by atoms with Crippen molar-refractivity contribution >= 4 is 23.0 Å². The van der Waals surface area contributed by atoms with Crippen molar-refractivity contribution < 1.29 is 0 Å². The first-order chi connectivity index (χ1) is 8.11. The smallest absolute Gasteiger partial charge is 0.0741 e. The van der Waals surface area contributed by atoms with Gasteiger partial charge in [-0.3, -0.25) is 0 Å². The molecule has 0 amide bonds. The van der Waals surface area contributed by atoms with E-state index in [0.717, 1.165) is 11.6 Å². The van der Waals surface area contributed by atoms with E-state index in [1.807, 2.05) is 12.1 Å². The normalized spacial score (nSPS) is 24.6. The van der Waals surface area contributed by atoms with E-state index in [1.54, 1.807) is 0 Å². The van der Waals surface area contributed by atoms with Crippen LogP contribution in [0.15, 0.2) is 18.2 Å². The summed E-state index contributed by atoms with van der Waals surface area (Å²) in [6.45, 7) is 2.33. The Morgan fingerprint density at radius 1 is 1.29 bits per heavy atom. The maximum atomic E-state index is 6.08. The van der Waals surface area contributed by atoms with Gasteiger partial charge >= 0.3 is 0 Å². The lowest BCUT2D eigenvalue weighted by atomic mass is 9.85. The highest BCUT2D eigenvalue weighted by Gasteiger charge is 2.26. The van der Waals surface area contributed by atoms with Gasteiger partial charge in [0.15, 0.2) is 0 Å². The number of nitrogens with zero attached hydrogens (tertiary/aromatic N) is 1. The van der Waals surface area contributed by atoms with Crippen LogP contribution in [0.25, 0.3) is 0 Å². The molecule has 0 aliphatic heterocycles. The summed E-state index contributed by atoms with van der Waals surface area (Å²) in [6.07, 6.45) is 5.25. The monoisotopic (exact) mass is 252 g/mol. The van der Waals surface area contributed by atoms with Crippen molar-refractivity contribution in [3.63, 3.8) is 0 Å². The number of halogens is 1. The topological polar surface area (TPSA) is 29.3 Å². The number of benzene rings is 1. The van der Waals surface area contributed by atoms with Crippen LogP contribution in [0.4, 0.5) is 11.4 Å². The fourth-order valence-corrected chi connectivity index (χ4v) is 3.05. The summed E-state index contributed by atoms with van der Waals surface area (Å²) >= 11 is 6.08. The van der Waals surface area contributed by atoms with Crippen LogP contribution in [0.3, 0.4) is 0 Å². The number of anilines is 2. The van der Waals surface area contributed by atoms with Crippen LogP contribution in [0.1, 0.15) is 32.6 Å². The van der Waals surface area contributed by atoms with Crippen molar-refractivity contribution in [2.75, 3.05) is 17.7 Å². The lowest BCUT2D eigenvalue weighted by Crippen LogP contribution is -2.39. The first-order valence-electron chi connectivity index (χ1n) is 6.38. The molecule has 1 saturated carbocycles. The second kappa shape index (κ2) is 5.18. The third-order valence-corrected chi connectivity index (χ3v) is 4.30. The van der Waals surface area contributed by atoms with E-state index >= 15 is 0 Å². The van der Waals surface area contributed by atoms with Crippen molar-refractivity contribution in [2.45, 2.75) is 38.6 Å². The quantitative estimate of drug-likeness (QED) is 0.808. The molecule has 94 valence electrons. The molecule has 3 heteroatoms. The van der Waals surface area contributed by atoms with E-state index in [9.17, 15) is 0 Å². The number of nitrogen functional groups attached to an aromatic ring is 1. The average molecular weight is 253 g/mol. The van der Waals surface area contributed by atoms with Crippen LogP contribution in [-0.2, 0) is 0 Å². The van der Waals surface area contributed by atoms with Gasteiger partial charge in [-0.2, -0.15) is 0 Å². The van der Waals surface area contributed by atoms with Gasteiger partial charge in [0.2, 0.25) is 0 Å². The van der Waals surface area contributed by atoms with Crippen LogP contribution in [0, 0.1) is 5.92 Å².